The fourth-order valence-corrected chi connectivity index (χ4v) is 1.44. The molecule has 0 atom stereocenters. The van der Waals surface area contributed by atoms with E-state index in [-0.39, 0.29) is 5.91 Å². The average molecular weight is 272 g/mol. The quantitative estimate of drug-likeness (QED) is 0.831. The molecule has 15 heavy (non-hydrogen) atoms. The molecule has 0 aromatic heterocycles. The summed E-state index contributed by atoms with van der Waals surface area (Å²) in [5.41, 5.74) is 2.20. The first-order valence-electron chi connectivity index (χ1n) is 4.65. The predicted octanol–water partition coefficient (Wildman–Crippen LogP) is 1.84. The van der Waals surface area contributed by atoms with Crippen molar-refractivity contribution in [2.45, 2.75) is 13.2 Å². The molecule has 1 amide bonds. The minimum absolute atomic E-state index is 0.00727. The number of benzene rings is 1. The molecule has 0 saturated heterocycles. The summed E-state index contributed by atoms with van der Waals surface area (Å²) >= 11 is 3.10. The number of alkyl halides is 1. The van der Waals surface area contributed by atoms with Gasteiger partial charge in [0, 0.05) is 13.7 Å². The maximum atomic E-state index is 11.0. The summed E-state index contributed by atoms with van der Waals surface area (Å²) in [5, 5.41) is 3.13. The number of nitrogens with one attached hydrogen (secondary N) is 1. The third-order valence-electron chi connectivity index (χ3n) is 1.91. The highest BCUT2D eigenvalue weighted by Gasteiger charge is 1.99. The number of ether oxygens (including phenoxy) is 1. The fourth-order valence-electron chi connectivity index (χ4n) is 1.24. The van der Waals surface area contributed by atoms with E-state index < -0.39 is 0 Å². The van der Waals surface area contributed by atoms with Gasteiger partial charge in [-0.15, -0.1) is 0 Å². The van der Waals surface area contributed by atoms with E-state index in [9.17, 15) is 4.79 Å². The normalized spacial score (nSPS) is 10.0. The van der Waals surface area contributed by atoms with E-state index in [0.29, 0.717) is 18.5 Å². The Morgan fingerprint density at radius 3 is 2.87 bits per heavy atom. The van der Waals surface area contributed by atoms with E-state index >= 15 is 0 Å². The Labute approximate surface area is 97.9 Å². The van der Waals surface area contributed by atoms with Crippen LogP contribution in [0.3, 0.4) is 0 Å². The Kier molecular flexibility index (Phi) is 5.36. The number of carbonyl (C=O) groups excluding carboxylic acids is 1. The molecular formula is C11H14BrNO2. The van der Waals surface area contributed by atoms with E-state index in [1.54, 1.807) is 7.11 Å². The minimum Gasteiger partial charge on any atom is -0.380 e. The van der Waals surface area contributed by atoms with Crippen LogP contribution in [0.2, 0.25) is 0 Å². The maximum absolute atomic E-state index is 11.0. The summed E-state index contributed by atoms with van der Waals surface area (Å²) in [6.07, 6.45) is 0. The second-order valence-corrected chi connectivity index (χ2v) is 3.72. The maximum Gasteiger partial charge on any atom is 0.230 e. The number of rotatable bonds is 5. The van der Waals surface area contributed by atoms with E-state index in [1.165, 1.54) is 0 Å². The van der Waals surface area contributed by atoms with Crippen molar-refractivity contribution < 1.29 is 9.53 Å². The van der Waals surface area contributed by atoms with Crippen LogP contribution in [0.15, 0.2) is 24.3 Å². The van der Waals surface area contributed by atoms with Crippen LogP contribution in [0.1, 0.15) is 11.1 Å². The van der Waals surface area contributed by atoms with Crippen molar-refractivity contribution in [1.29, 1.82) is 0 Å². The summed E-state index contributed by atoms with van der Waals surface area (Å²) in [6, 6.07) is 7.97. The average Bonchev–Trinajstić information content (AvgIpc) is 2.27. The third kappa shape index (κ3) is 4.44. The van der Waals surface area contributed by atoms with Crippen LogP contribution in [0.5, 0.6) is 0 Å². The molecule has 1 aromatic carbocycles. The molecule has 1 N–H and O–H groups in total. The molecule has 0 saturated carbocycles. The molecule has 0 bridgehead atoms. The highest BCUT2D eigenvalue weighted by atomic mass is 79.9. The van der Waals surface area contributed by atoms with Crippen molar-refractivity contribution in [2.24, 2.45) is 0 Å². The Hall–Kier alpha value is -0.870. The molecular weight excluding hydrogens is 258 g/mol. The fraction of sp³-hybridized carbons (Fsp3) is 0.364. The topological polar surface area (TPSA) is 38.3 Å². The van der Waals surface area contributed by atoms with Crippen LogP contribution >= 0.6 is 15.9 Å². The molecule has 1 rings (SSSR count). The first-order valence-corrected chi connectivity index (χ1v) is 5.78. The molecule has 0 spiro atoms. The molecule has 82 valence electrons. The largest absolute Gasteiger partial charge is 0.380 e. The SMILES string of the molecule is COCc1cccc(CNC(=O)CBr)c1. The summed E-state index contributed by atoms with van der Waals surface area (Å²) in [6.45, 7) is 1.15. The highest BCUT2D eigenvalue weighted by Crippen LogP contribution is 2.06. The molecule has 4 heteroatoms. The van der Waals surface area contributed by atoms with Crippen molar-refractivity contribution >= 4 is 21.8 Å². The molecule has 0 aliphatic carbocycles. The van der Waals surface area contributed by atoms with Crippen LogP contribution < -0.4 is 5.32 Å². The van der Waals surface area contributed by atoms with Crippen molar-refractivity contribution in [3.8, 4) is 0 Å². The highest BCUT2D eigenvalue weighted by molar-refractivity contribution is 9.09. The minimum atomic E-state index is -0.00727. The van der Waals surface area contributed by atoms with Gasteiger partial charge in [0.1, 0.15) is 0 Å². The van der Waals surface area contributed by atoms with Gasteiger partial charge in [-0.25, -0.2) is 0 Å². The molecule has 0 aliphatic rings. The van der Waals surface area contributed by atoms with Gasteiger partial charge in [0.05, 0.1) is 11.9 Å². The van der Waals surface area contributed by atoms with Gasteiger partial charge in [0.15, 0.2) is 0 Å². The van der Waals surface area contributed by atoms with Crippen molar-refractivity contribution in [3.63, 3.8) is 0 Å². The first kappa shape index (κ1) is 12.2. The van der Waals surface area contributed by atoms with Gasteiger partial charge in [-0.3, -0.25) is 4.79 Å². The number of methoxy groups -OCH3 is 1. The van der Waals surface area contributed by atoms with Crippen LogP contribution in [0, 0.1) is 0 Å². The van der Waals surface area contributed by atoms with E-state index in [2.05, 4.69) is 21.2 Å². The molecule has 0 unspecified atom stereocenters. The van der Waals surface area contributed by atoms with Gasteiger partial charge in [0.2, 0.25) is 5.91 Å². The van der Waals surface area contributed by atoms with Crippen LogP contribution in [-0.4, -0.2) is 18.3 Å². The summed E-state index contributed by atoms with van der Waals surface area (Å²) in [4.78, 5) is 11.0. The molecule has 0 aliphatic heterocycles. The van der Waals surface area contributed by atoms with Crippen molar-refractivity contribution in [1.82, 2.24) is 5.32 Å². The zero-order chi connectivity index (χ0) is 11.1. The Morgan fingerprint density at radius 1 is 1.47 bits per heavy atom. The number of amides is 1. The zero-order valence-corrected chi connectivity index (χ0v) is 10.2. The predicted molar refractivity (Wildman–Crippen MR) is 62.8 cm³/mol. The van der Waals surface area contributed by atoms with Crippen LogP contribution in [0.4, 0.5) is 0 Å². The summed E-state index contributed by atoms with van der Waals surface area (Å²) < 4.78 is 5.03. The van der Waals surface area contributed by atoms with Gasteiger partial charge >= 0.3 is 0 Å². The second-order valence-electron chi connectivity index (χ2n) is 3.16. The monoisotopic (exact) mass is 271 g/mol. The Bertz CT molecular complexity index is 328. The first-order chi connectivity index (χ1) is 7.26. The van der Waals surface area contributed by atoms with Gasteiger partial charge in [-0.05, 0) is 11.1 Å². The number of halogens is 1. The number of hydrogen-bond donors (Lipinski definition) is 1. The van der Waals surface area contributed by atoms with E-state index in [0.717, 1.165) is 11.1 Å². The van der Waals surface area contributed by atoms with Crippen LogP contribution in [-0.2, 0) is 22.7 Å². The number of carbonyl (C=O) groups is 1. The molecule has 1 aromatic rings. The van der Waals surface area contributed by atoms with Gasteiger partial charge in [-0.2, -0.15) is 0 Å². The molecule has 0 heterocycles. The van der Waals surface area contributed by atoms with Gasteiger partial charge in [0.25, 0.3) is 0 Å². The standard InChI is InChI=1S/C11H14BrNO2/c1-15-8-10-4-2-3-9(5-10)7-13-11(14)6-12/h2-5H,6-8H2,1H3,(H,13,14). The number of hydrogen-bond acceptors (Lipinski definition) is 2. The van der Waals surface area contributed by atoms with Crippen LogP contribution in [0.25, 0.3) is 0 Å². The lowest BCUT2D eigenvalue weighted by Gasteiger charge is -2.05. The summed E-state index contributed by atoms with van der Waals surface area (Å²) in [7, 11) is 1.67. The zero-order valence-electron chi connectivity index (χ0n) is 8.63. The Morgan fingerprint density at radius 2 is 2.20 bits per heavy atom. The second kappa shape index (κ2) is 6.58. The molecule has 3 nitrogen and oxygen atoms in total. The van der Waals surface area contributed by atoms with E-state index in [4.69, 9.17) is 4.74 Å². The van der Waals surface area contributed by atoms with Crippen molar-refractivity contribution in [3.05, 3.63) is 35.4 Å². The van der Waals surface area contributed by atoms with E-state index in [1.807, 2.05) is 24.3 Å². The van der Waals surface area contributed by atoms with Gasteiger partial charge in [-0.1, -0.05) is 40.2 Å². The van der Waals surface area contributed by atoms with Gasteiger partial charge < -0.3 is 10.1 Å². The molecule has 0 fully saturated rings. The smallest absolute Gasteiger partial charge is 0.230 e. The lowest BCUT2D eigenvalue weighted by molar-refractivity contribution is -0.118. The van der Waals surface area contributed by atoms with Crippen molar-refractivity contribution in [2.75, 3.05) is 12.4 Å². The summed E-state index contributed by atoms with van der Waals surface area (Å²) in [5.74, 6) is -0.00727. The third-order valence-corrected chi connectivity index (χ3v) is 2.42. The molecule has 0 radical (unpaired) electrons. The lowest BCUT2D eigenvalue weighted by Crippen LogP contribution is -2.23. The Balaban J connectivity index is 2.53. The lowest BCUT2D eigenvalue weighted by atomic mass is 10.1.